The first-order chi connectivity index (χ1) is 18.4. The molecule has 0 radical (unpaired) electrons. The molecule has 0 bridgehead atoms. The van der Waals surface area contributed by atoms with Crippen LogP contribution in [-0.2, 0) is 36.8 Å². The third kappa shape index (κ3) is 10.1. The van der Waals surface area contributed by atoms with Crippen LogP contribution >= 0.6 is 0 Å². The average molecular weight is 542 g/mol. The highest BCUT2D eigenvalue weighted by molar-refractivity contribution is 5.96. The second-order valence-corrected chi connectivity index (χ2v) is 9.53. The van der Waals surface area contributed by atoms with E-state index in [0.29, 0.717) is 11.1 Å². The fourth-order valence-corrected chi connectivity index (χ4v) is 3.77. The molecule has 2 aromatic carbocycles. The molecule has 2 rings (SSSR count). The zero-order valence-electron chi connectivity index (χ0n) is 21.8. The van der Waals surface area contributed by atoms with Crippen molar-refractivity contribution in [3.63, 3.8) is 0 Å². The molecular formula is C27H35N5O7. The summed E-state index contributed by atoms with van der Waals surface area (Å²) in [5.41, 5.74) is 12.6. The van der Waals surface area contributed by atoms with Gasteiger partial charge in [-0.3, -0.25) is 19.2 Å². The average Bonchev–Trinajstić information content (AvgIpc) is 2.87. The summed E-state index contributed by atoms with van der Waals surface area (Å²) in [7, 11) is 0. The van der Waals surface area contributed by atoms with Gasteiger partial charge in [0.25, 0.3) is 0 Å². The van der Waals surface area contributed by atoms with Crippen LogP contribution in [-0.4, -0.2) is 64.0 Å². The number of phenolic OH excluding ortho intramolecular Hbond substituents is 1. The summed E-state index contributed by atoms with van der Waals surface area (Å²) in [5, 5.41) is 26.3. The Labute approximate surface area is 226 Å². The SMILES string of the molecule is CC(C)C(NC(=O)C(N)Cc1ccc(O)cc1)C(=O)NC(CC(N)=O)C(=O)NC(Cc1ccccc1)C(=O)O. The van der Waals surface area contributed by atoms with E-state index in [1.54, 1.807) is 56.3 Å². The monoisotopic (exact) mass is 541 g/mol. The number of carboxylic acid groups (broad SMARTS) is 1. The lowest BCUT2D eigenvalue weighted by Crippen LogP contribution is -2.59. The Bertz CT molecular complexity index is 1150. The standard InChI is InChI=1S/C27H35N5O7/c1-15(2)23(32-24(35)19(28)12-17-8-10-18(33)11-9-17)26(37)30-20(14-22(29)34)25(36)31-21(27(38)39)13-16-6-4-3-5-7-16/h3-11,15,19-21,23,33H,12-14,28H2,1-2H3,(H2,29,34)(H,30,37)(H,31,36)(H,32,35)(H,38,39). The van der Waals surface area contributed by atoms with Crippen LogP contribution in [0.4, 0.5) is 0 Å². The van der Waals surface area contributed by atoms with Crippen molar-refractivity contribution in [1.29, 1.82) is 0 Å². The highest BCUT2D eigenvalue weighted by Crippen LogP contribution is 2.12. The van der Waals surface area contributed by atoms with Crippen LogP contribution in [0.1, 0.15) is 31.4 Å². The molecule has 0 aliphatic carbocycles. The molecule has 0 saturated carbocycles. The Kier molecular flexibility index (Phi) is 11.4. The third-order valence-electron chi connectivity index (χ3n) is 5.91. The van der Waals surface area contributed by atoms with Gasteiger partial charge in [-0.2, -0.15) is 0 Å². The predicted octanol–water partition coefficient (Wildman–Crippen LogP) is -0.425. The number of hydrogen-bond donors (Lipinski definition) is 7. The van der Waals surface area contributed by atoms with E-state index in [1.165, 1.54) is 12.1 Å². The van der Waals surface area contributed by atoms with Crippen LogP contribution in [0.15, 0.2) is 54.6 Å². The number of nitrogens with one attached hydrogen (secondary N) is 3. The molecule has 0 fully saturated rings. The van der Waals surface area contributed by atoms with Crippen LogP contribution in [0.2, 0.25) is 0 Å². The first-order valence-electron chi connectivity index (χ1n) is 12.4. The van der Waals surface area contributed by atoms with Crippen molar-refractivity contribution in [2.45, 2.75) is 57.3 Å². The van der Waals surface area contributed by atoms with Gasteiger partial charge in [0.05, 0.1) is 12.5 Å². The molecular weight excluding hydrogens is 506 g/mol. The molecule has 4 unspecified atom stereocenters. The summed E-state index contributed by atoms with van der Waals surface area (Å²) in [6, 6.07) is 9.84. The Morgan fingerprint density at radius 1 is 0.769 bits per heavy atom. The minimum atomic E-state index is -1.48. The molecule has 0 saturated heterocycles. The van der Waals surface area contributed by atoms with Crippen LogP contribution in [0.25, 0.3) is 0 Å². The van der Waals surface area contributed by atoms with Gasteiger partial charge in [0.15, 0.2) is 0 Å². The molecule has 9 N–H and O–H groups in total. The largest absolute Gasteiger partial charge is 0.508 e. The topological polar surface area (TPSA) is 214 Å². The summed E-state index contributed by atoms with van der Waals surface area (Å²) in [4.78, 5) is 62.2. The Balaban J connectivity index is 2.10. The van der Waals surface area contributed by atoms with Gasteiger partial charge in [0.2, 0.25) is 23.6 Å². The Hall–Kier alpha value is -4.45. The van der Waals surface area contributed by atoms with Gasteiger partial charge in [-0.25, -0.2) is 4.79 Å². The van der Waals surface area contributed by atoms with Gasteiger partial charge < -0.3 is 37.6 Å². The lowest BCUT2D eigenvalue weighted by atomic mass is 10.0. The maximum Gasteiger partial charge on any atom is 0.326 e. The normalized spacial score (nSPS) is 13.9. The number of amides is 4. The van der Waals surface area contributed by atoms with E-state index in [9.17, 15) is 34.2 Å². The number of carbonyl (C=O) groups excluding carboxylic acids is 4. The molecule has 12 nitrogen and oxygen atoms in total. The van der Waals surface area contributed by atoms with Gasteiger partial charge in [-0.1, -0.05) is 56.3 Å². The Morgan fingerprint density at radius 3 is 1.87 bits per heavy atom. The molecule has 0 aliphatic heterocycles. The lowest BCUT2D eigenvalue weighted by molar-refractivity contribution is -0.142. The molecule has 4 atom stereocenters. The van der Waals surface area contributed by atoms with Gasteiger partial charge in [0, 0.05) is 6.42 Å². The van der Waals surface area contributed by atoms with Crippen LogP contribution < -0.4 is 27.4 Å². The maximum absolute atomic E-state index is 13.1. The molecule has 2 aromatic rings. The maximum atomic E-state index is 13.1. The number of aliphatic carboxylic acids is 1. The van der Waals surface area contributed by atoms with E-state index in [1.807, 2.05) is 0 Å². The molecule has 0 aromatic heterocycles. The van der Waals surface area contributed by atoms with Crippen molar-refractivity contribution in [3.8, 4) is 5.75 Å². The minimum Gasteiger partial charge on any atom is -0.508 e. The second-order valence-electron chi connectivity index (χ2n) is 9.53. The molecule has 0 spiro atoms. The van der Waals surface area contributed by atoms with E-state index < -0.39 is 66.1 Å². The van der Waals surface area contributed by atoms with Crippen molar-refractivity contribution >= 4 is 29.6 Å². The second kappa shape index (κ2) is 14.5. The van der Waals surface area contributed by atoms with Crippen molar-refractivity contribution in [2.24, 2.45) is 17.4 Å². The summed E-state index contributed by atoms with van der Waals surface area (Å²) < 4.78 is 0. The van der Waals surface area contributed by atoms with Crippen molar-refractivity contribution in [3.05, 3.63) is 65.7 Å². The van der Waals surface area contributed by atoms with Crippen molar-refractivity contribution in [2.75, 3.05) is 0 Å². The zero-order chi connectivity index (χ0) is 29.1. The Morgan fingerprint density at radius 2 is 1.33 bits per heavy atom. The summed E-state index contributed by atoms with van der Waals surface area (Å²) in [5.74, 6) is -4.87. The zero-order valence-corrected chi connectivity index (χ0v) is 21.8. The molecule has 12 heteroatoms. The predicted molar refractivity (Wildman–Crippen MR) is 142 cm³/mol. The van der Waals surface area contributed by atoms with Gasteiger partial charge in [-0.05, 0) is 35.6 Å². The van der Waals surface area contributed by atoms with Crippen LogP contribution in [0, 0.1) is 5.92 Å². The van der Waals surface area contributed by atoms with Crippen molar-refractivity contribution < 1.29 is 34.2 Å². The highest BCUT2D eigenvalue weighted by atomic mass is 16.4. The number of carboxylic acids is 1. The highest BCUT2D eigenvalue weighted by Gasteiger charge is 2.32. The number of aromatic hydroxyl groups is 1. The number of phenols is 1. The van der Waals surface area contributed by atoms with Crippen LogP contribution in [0.5, 0.6) is 5.75 Å². The quantitative estimate of drug-likeness (QED) is 0.166. The first kappa shape index (κ1) is 30.8. The number of nitrogens with two attached hydrogens (primary N) is 2. The first-order valence-corrected chi connectivity index (χ1v) is 12.4. The number of hydrogen-bond acceptors (Lipinski definition) is 7. The van der Waals surface area contributed by atoms with Gasteiger partial charge in [-0.15, -0.1) is 0 Å². The molecule has 0 aliphatic rings. The van der Waals surface area contributed by atoms with Crippen LogP contribution in [0.3, 0.4) is 0 Å². The molecule has 210 valence electrons. The minimum absolute atomic E-state index is 0.0251. The summed E-state index contributed by atoms with van der Waals surface area (Å²) in [6.45, 7) is 3.33. The van der Waals surface area contributed by atoms with Crippen molar-refractivity contribution in [1.82, 2.24) is 16.0 Å². The lowest BCUT2D eigenvalue weighted by Gasteiger charge is -2.26. The fourth-order valence-electron chi connectivity index (χ4n) is 3.77. The molecule has 0 heterocycles. The number of carbonyl (C=O) groups is 5. The van der Waals surface area contributed by atoms with Gasteiger partial charge >= 0.3 is 5.97 Å². The molecule has 4 amide bonds. The smallest absolute Gasteiger partial charge is 0.326 e. The third-order valence-corrected chi connectivity index (χ3v) is 5.91. The summed E-state index contributed by atoms with van der Waals surface area (Å²) >= 11 is 0. The number of primary amides is 1. The summed E-state index contributed by atoms with van der Waals surface area (Å²) in [6.07, 6.45) is -0.472. The molecule has 39 heavy (non-hydrogen) atoms. The number of benzene rings is 2. The fraction of sp³-hybridized carbons (Fsp3) is 0.370. The van der Waals surface area contributed by atoms with E-state index >= 15 is 0 Å². The van der Waals surface area contributed by atoms with Gasteiger partial charge in [0.1, 0.15) is 23.9 Å². The number of rotatable bonds is 14. The van der Waals surface area contributed by atoms with E-state index in [4.69, 9.17) is 11.5 Å². The van der Waals surface area contributed by atoms with E-state index in [-0.39, 0.29) is 18.6 Å². The van der Waals surface area contributed by atoms with E-state index in [0.717, 1.165) is 0 Å². The van der Waals surface area contributed by atoms with E-state index in [2.05, 4.69) is 16.0 Å².